The van der Waals surface area contributed by atoms with Crippen molar-refractivity contribution in [2.45, 2.75) is 25.2 Å². The summed E-state index contributed by atoms with van der Waals surface area (Å²) in [5, 5.41) is 0. The van der Waals surface area contributed by atoms with E-state index < -0.39 is 7.14 Å². The quantitative estimate of drug-likeness (QED) is 0.338. The van der Waals surface area contributed by atoms with Crippen molar-refractivity contribution in [2.75, 3.05) is 19.0 Å². The van der Waals surface area contributed by atoms with Crippen LogP contribution in [0.2, 0.25) is 0 Å². The molecular weight excluding hydrogens is 187 g/mol. The molecule has 0 atom stereocenters. The first-order chi connectivity index (χ1) is 5.83. The van der Waals surface area contributed by atoms with Crippen LogP contribution in [0.1, 0.15) is 12.8 Å². The fraction of sp³-hybridized carbons (Fsp3) is 1.00. The predicted octanol–water partition coefficient (Wildman–Crippen LogP) is -0.753. The molecule has 0 fully saturated rings. The van der Waals surface area contributed by atoms with Gasteiger partial charge in [0.1, 0.15) is 0 Å². The van der Waals surface area contributed by atoms with E-state index in [1.807, 2.05) is 0 Å². The van der Waals surface area contributed by atoms with Crippen LogP contribution in [0, 0.1) is 0 Å². The Hall–Kier alpha value is 0.0700. The van der Waals surface area contributed by atoms with Gasteiger partial charge in [-0.05, 0) is 19.5 Å². The lowest BCUT2D eigenvalue weighted by atomic mass is 10.4. The smallest absolute Gasteiger partial charge is 0.0850 e. The van der Waals surface area contributed by atoms with Crippen molar-refractivity contribution >= 4 is 7.14 Å². The summed E-state index contributed by atoms with van der Waals surface area (Å²) in [5.74, 6) is 0. The van der Waals surface area contributed by atoms with Crippen molar-refractivity contribution < 1.29 is 4.57 Å². The lowest BCUT2D eigenvalue weighted by Crippen LogP contribution is -2.32. The molecule has 0 bridgehead atoms. The standard InChI is InChI=1S/C7H21N4OP/c1-13(12,4-2-6(8)9)5-3-7(10)11/h6-7H,2-5,8-11H2,1H3. The molecule has 0 aliphatic heterocycles. The van der Waals surface area contributed by atoms with Crippen LogP contribution >= 0.6 is 7.14 Å². The summed E-state index contributed by atoms with van der Waals surface area (Å²) in [7, 11) is -2.12. The van der Waals surface area contributed by atoms with E-state index in [-0.39, 0.29) is 12.3 Å². The maximum atomic E-state index is 11.8. The van der Waals surface area contributed by atoms with Crippen molar-refractivity contribution in [3.8, 4) is 0 Å². The van der Waals surface area contributed by atoms with Crippen LogP contribution in [0.15, 0.2) is 0 Å². The van der Waals surface area contributed by atoms with Gasteiger partial charge in [-0.1, -0.05) is 0 Å². The third kappa shape index (κ3) is 8.40. The lowest BCUT2D eigenvalue weighted by molar-refractivity contribution is 0.565. The topological polar surface area (TPSA) is 121 Å². The Kier molecular flexibility index (Phi) is 5.76. The molecule has 0 heterocycles. The van der Waals surface area contributed by atoms with Gasteiger partial charge in [-0.15, -0.1) is 0 Å². The normalized spacial score (nSPS) is 12.8. The van der Waals surface area contributed by atoms with Crippen molar-refractivity contribution in [1.29, 1.82) is 0 Å². The van der Waals surface area contributed by atoms with E-state index in [4.69, 9.17) is 22.9 Å². The summed E-state index contributed by atoms with van der Waals surface area (Å²) in [6, 6.07) is 0. The first-order valence-electron chi connectivity index (χ1n) is 4.41. The van der Waals surface area contributed by atoms with Gasteiger partial charge in [0.15, 0.2) is 0 Å². The van der Waals surface area contributed by atoms with Gasteiger partial charge in [-0.3, -0.25) is 0 Å². The molecule has 0 rings (SSSR count). The molecule has 80 valence electrons. The maximum absolute atomic E-state index is 11.8. The fourth-order valence-electron chi connectivity index (χ4n) is 0.956. The Labute approximate surface area is 79.6 Å². The second-order valence-corrected chi connectivity index (χ2v) is 7.14. The van der Waals surface area contributed by atoms with Crippen molar-refractivity contribution in [3.05, 3.63) is 0 Å². The Balaban J connectivity index is 3.74. The monoisotopic (exact) mass is 208 g/mol. The zero-order chi connectivity index (χ0) is 10.5. The minimum Gasteiger partial charge on any atom is -0.324 e. The average Bonchev–Trinajstić information content (AvgIpc) is 1.98. The van der Waals surface area contributed by atoms with Crippen molar-refractivity contribution in [1.82, 2.24) is 0 Å². The van der Waals surface area contributed by atoms with E-state index in [9.17, 15) is 4.57 Å². The van der Waals surface area contributed by atoms with Gasteiger partial charge in [0.2, 0.25) is 0 Å². The summed E-state index contributed by atoms with van der Waals surface area (Å²) in [6.45, 7) is 1.75. The third-order valence-electron chi connectivity index (χ3n) is 1.87. The SMILES string of the molecule is CP(=O)(CCC(N)N)CCC(N)N. The van der Waals surface area contributed by atoms with E-state index in [1.165, 1.54) is 0 Å². The van der Waals surface area contributed by atoms with E-state index in [1.54, 1.807) is 6.66 Å². The van der Waals surface area contributed by atoms with Gasteiger partial charge in [0, 0.05) is 12.3 Å². The minimum absolute atomic E-state index is 0.375. The van der Waals surface area contributed by atoms with Gasteiger partial charge in [0.05, 0.1) is 19.5 Å². The molecular formula is C7H21N4OP. The van der Waals surface area contributed by atoms with Crippen molar-refractivity contribution in [3.63, 3.8) is 0 Å². The van der Waals surface area contributed by atoms with Crippen LogP contribution in [-0.4, -0.2) is 31.3 Å². The number of hydrogen-bond donors (Lipinski definition) is 4. The molecule has 8 N–H and O–H groups in total. The molecule has 0 aliphatic carbocycles. The van der Waals surface area contributed by atoms with Gasteiger partial charge in [-0.2, -0.15) is 0 Å². The first kappa shape index (κ1) is 13.1. The molecule has 0 aliphatic rings. The fourth-order valence-corrected chi connectivity index (χ4v) is 2.87. The first-order valence-corrected chi connectivity index (χ1v) is 6.94. The van der Waals surface area contributed by atoms with Crippen molar-refractivity contribution in [2.24, 2.45) is 22.9 Å². The molecule has 13 heavy (non-hydrogen) atoms. The van der Waals surface area contributed by atoms with Gasteiger partial charge >= 0.3 is 0 Å². The molecule has 0 amide bonds. The lowest BCUT2D eigenvalue weighted by Gasteiger charge is -2.15. The van der Waals surface area contributed by atoms with E-state index in [2.05, 4.69) is 0 Å². The van der Waals surface area contributed by atoms with Crippen LogP contribution < -0.4 is 22.9 Å². The second kappa shape index (κ2) is 5.73. The molecule has 5 nitrogen and oxygen atoms in total. The molecule has 0 saturated heterocycles. The minimum atomic E-state index is -2.12. The second-order valence-electron chi connectivity index (χ2n) is 3.65. The molecule has 0 aromatic carbocycles. The molecule has 0 saturated carbocycles. The molecule has 0 aromatic rings. The highest BCUT2D eigenvalue weighted by atomic mass is 31.2. The number of hydrogen-bond acceptors (Lipinski definition) is 5. The molecule has 0 spiro atoms. The summed E-state index contributed by atoms with van der Waals surface area (Å²) in [5.41, 5.74) is 21.5. The van der Waals surface area contributed by atoms with Crippen LogP contribution in [0.5, 0.6) is 0 Å². The van der Waals surface area contributed by atoms with Crippen LogP contribution in [0.4, 0.5) is 0 Å². The number of nitrogens with two attached hydrogens (primary N) is 4. The van der Waals surface area contributed by atoms with Crippen LogP contribution in [0.25, 0.3) is 0 Å². The Bertz CT molecular complexity index is 167. The van der Waals surface area contributed by atoms with Gasteiger partial charge < -0.3 is 27.5 Å². The van der Waals surface area contributed by atoms with Crippen LogP contribution in [0.3, 0.4) is 0 Å². The van der Waals surface area contributed by atoms with E-state index >= 15 is 0 Å². The van der Waals surface area contributed by atoms with Crippen LogP contribution in [-0.2, 0) is 4.57 Å². The number of rotatable bonds is 6. The average molecular weight is 208 g/mol. The molecule has 0 aromatic heterocycles. The predicted molar refractivity (Wildman–Crippen MR) is 56.8 cm³/mol. The highest BCUT2D eigenvalue weighted by Gasteiger charge is 2.16. The van der Waals surface area contributed by atoms with E-state index in [0.717, 1.165) is 0 Å². The Morgan fingerprint density at radius 3 is 1.54 bits per heavy atom. The Morgan fingerprint density at radius 1 is 1.00 bits per heavy atom. The zero-order valence-electron chi connectivity index (χ0n) is 8.15. The Morgan fingerprint density at radius 2 is 1.31 bits per heavy atom. The third-order valence-corrected chi connectivity index (χ3v) is 4.28. The van der Waals surface area contributed by atoms with Gasteiger partial charge in [-0.25, -0.2) is 0 Å². The molecule has 6 heteroatoms. The highest BCUT2D eigenvalue weighted by molar-refractivity contribution is 7.63. The summed E-state index contributed by atoms with van der Waals surface area (Å²) in [4.78, 5) is 0. The largest absolute Gasteiger partial charge is 0.324 e. The summed E-state index contributed by atoms with van der Waals surface area (Å²) >= 11 is 0. The molecule has 0 radical (unpaired) electrons. The molecule has 0 unspecified atom stereocenters. The highest BCUT2D eigenvalue weighted by Crippen LogP contribution is 2.42. The van der Waals surface area contributed by atoms with Gasteiger partial charge in [0.25, 0.3) is 0 Å². The van der Waals surface area contributed by atoms with E-state index in [0.29, 0.717) is 25.2 Å². The zero-order valence-corrected chi connectivity index (χ0v) is 9.04. The summed E-state index contributed by atoms with van der Waals surface area (Å²) in [6.07, 6.45) is 1.59. The maximum Gasteiger partial charge on any atom is 0.0850 e. The summed E-state index contributed by atoms with van der Waals surface area (Å²) < 4.78 is 11.8.